The fourth-order valence-electron chi connectivity index (χ4n) is 4.37. The van der Waals surface area contributed by atoms with Crippen LogP contribution >= 0.6 is 11.3 Å². The standard InChI is InChI=1S/C17H25N3O2S/c1-13-11-23-15(18-13)10-19-8-4-14-17(12-19,5-9-22-14)16(21)20-6-2-3-7-20/h11,14H,2-10,12H2,1H3/t14-,17-/m1/s1. The molecule has 5 nitrogen and oxygen atoms in total. The lowest BCUT2D eigenvalue weighted by atomic mass is 9.75. The number of hydrogen-bond donors (Lipinski definition) is 0. The normalized spacial score (nSPS) is 31.5. The van der Waals surface area contributed by atoms with Crippen molar-refractivity contribution in [3.8, 4) is 0 Å². The molecule has 0 aliphatic carbocycles. The molecule has 6 heteroatoms. The molecule has 0 aromatic carbocycles. The van der Waals surface area contributed by atoms with Gasteiger partial charge in [-0.25, -0.2) is 4.98 Å². The van der Waals surface area contributed by atoms with Crippen LogP contribution in [0.1, 0.15) is 36.4 Å². The van der Waals surface area contributed by atoms with E-state index in [4.69, 9.17) is 4.74 Å². The van der Waals surface area contributed by atoms with Crippen molar-refractivity contribution in [1.29, 1.82) is 0 Å². The zero-order valence-corrected chi connectivity index (χ0v) is 14.6. The molecule has 1 aromatic rings. The second-order valence-corrected chi connectivity index (χ2v) is 8.09. The van der Waals surface area contributed by atoms with Gasteiger partial charge in [0.25, 0.3) is 0 Å². The highest BCUT2D eigenvalue weighted by Gasteiger charge is 2.54. The van der Waals surface area contributed by atoms with Gasteiger partial charge in [-0.05, 0) is 32.6 Å². The summed E-state index contributed by atoms with van der Waals surface area (Å²) < 4.78 is 5.96. The lowest BCUT2D eigenvalue weighted by molar-refractivity contribution is -0.149. The number of nitrogens with zero attached hydrogens (tertiary/aromatic N) is 3. The number of carbonyl (C=O) groups excluding carboxylic acids is 1. The van der Waals surface area contributed by atoms with E-state index in [-0.39, 0.29) is 11.5 Å². The molecular formula is C17H25N3O2S. The van der Waals surface area contributed by atoms with Crippen LogP contribution in [0, 0.1) is 12.3 Å². The predicted octanol–water partition coefficient (Wildman–Crippen LogP) is 2.05. The van der Waals surface area contributed by atoms with Crippen LogP contribution in [0.15, 0.2) is 5.38 Å². The molecule has 3 aliphatic heterocycles. The molecule has 3 saturated heterocycles. The van der Waals surface area contributed by atoms with Crippen LogP contribution in [0.2, 0.25) is 0 Å². The van der Waals surface area contributed by atoms with Crippen molar-refractivity contribution in [2.45, 2.75) is 45.3 Å². The number of likely N-dealkylation sites (tertiary alicyclic amines) is 2. The van der Waals surface area contributed by atoms with Crippen molar-refractivity contribution >= 4 is 17.2 Å². The number of rotatable bonds is 3. The molecule has 4 rings (SSSR count). The Morgan fingerprint density at radius 3 is 3.00 bits per heavy atom. The molecule has 1 aromatic heterocycles. The zero-order valence-electron chi connectivity index (χ0n) is 13.8. The summed E-state index contributed by atoms with van der Waals surface area (Å²) in [5.74, 6) is 0.345. The average Bonchev–Trinajstić information content (AvgIpc) is 3.27. The summed E-state index contributed by atoms with van der Waals surface area (Å²) in [6.07, 6.45) is 4.25. The summed E-state index contributed by atoms with van der Waals surface area (Å²) in [6.45, 7) is 7.31. The van der Waals surface area contributed by atoms with Gasteiger partial charge in [0, 0.05) is 43.9 Å². The Balaban J connectivity index is 1.52. The SMILES string of the molecule is Cc1csc(CN2CC[C@H]3OCC[C@@]3(C(=O)N3CCCC3)C2)n1. The number of thiazole rings is 1. The highest BCUT2D eigenvalue weighted by molar-refractivity contribution is 7.09. The van der Waals surface area contributed by atoms with E-state index in [0.717, 1.165) is 75.7 Å². The van der Waals surface area contributed by atoms with Crippen molar-refractivity contribution < 1.29 is 9.53 Å². The Morgan fingerprint density at radius 2 is 2.26 bits per heavy atom. The summed E-state index contributed by atoms with van der Waals surface area (Å²) in [7, 11) is 0. The molecule has 0 spiro atoms. The van der Waals surface area contributed by atoms with Crippen molar-refractivity contribution in [2.24, 2.45) is 5.41 Å². The Hall–Kier alpha value is -0.980. The van der Waals surface area contributed by atoms with Gasteiger partial charge in [0.1, 0.15) is 5.01 Å². The van der Waals surface area contributed by atoms with Gasteiger partial charge in [0.05, 0.1) is 18.1 Å². The van der Waals surface area contributed by atoms with E-state index in [1.165, 1.54) is 0 Å². The van der Waals surface area contributed by atoms with Crippen molar-refractivity contribution in [2.75, 3.05) is 32.8 Å². The smallest absolute Gasteiger partial charge is 0.232 e. The van der Waals surface area contributed by atoms with Gasteiger partial charge in [0.15, 0.2) is 0 Å². The van der Waals surface area contributed by atoms with Crippen LogP contribution in [0.25, 0.3) is 0 Å². The van der Waals surface area contributed by atoms with E-state index < -0.39 is 0 Å². The number of amides is 1. The number of piperidine rings is 1. The van der Waals surface area contributed by atoms with Crippen LogP contribution < -0.4 is 0 Å². The predicted molar refractivity (Wildman–Crippen MR) is 89.3 cm³/mol. The molecule has 0 bridgehead atoms. The summed E-state index contributed by atoms with van der Waals surface area (Å²) in [4.78, 5) is 22.3. The van der Waals surface area contributed by atoms with Crippen LogP contribution in [-0.4, -0.2) is 59.6 Å². The highest BCUT2D eigenvalue weighted by atomic mass is 32.1. The third kappa shape index (κ3) is 2.81. The molecule has 0 radical (unpaired) electrons. The fourth-order valence-corrected chi connectivity index (χ4v) is 5.18. The number of aromatic nitrogens is 1. The maximum atomic E-state index is 13.2. The minimum absolute atomic E-state index is 0.116. The van der Waals surface area contributed by atoms with E-state index >= 15 is 0 Å². The molecule has 0 saturated carbocycles. The number of hydrogen-bond acceptors (Lipinski definition) is 5. The number of ether oxygens (including phenoxy) is 1. The summed E-state index contributed by atoms with van der Waals surface area (Å²) >= 11 is 1.72. The summed E-state index contributed by atoms with van der Waals surface area (Å²) in [5.41, 5.74) is 0.779. The molecule has 0 N–H and O–H groups in total. The first-order valence-corrected chi connectivity index (χ1v) is 9.60. The van der Waals surface area contributed by atoms with Gasteiger partial charge in [-0.3, -0.25) is 9.69 Å². The van der Waals surface area contributed by atoms with Crippen LogP contribution in [0.4, 0.5) is 0 Å². The van der Waals surface area contributed by atoms with Gasteiger partial charge in [-0.1, -0.05) is 0 Å². The van der Waals surface area contributed by atoms with E-state index in [9.17, 15) is 4.79 Å². The maximum Gasteiger partial charge on any atom is 0.232 e. The molecule has 23 heavy (non-hydrogen) atoms. The highest BCUT2D eigenvalue weighted by Crippen LogP contribution is 2.43. The number of carbonyl (C=O) groups is 1. The van der Waals surface area contributed by atoms with Crippen molar-refractivity contribution in [1.82, 2.24) is 14.8 Å². The zero-order chi connectivity index (χ0) is 15.9. The summed E-state index contributed by atoms with van der Waals surface area (Å²) in [5, 5.41) is 3.26. The van der Waals surface area contributed by atoms with Gasteiger partial charge in [0.2, 0.25) is 5.91 Å². The Morgan fingerprint density at radius 1 is 1.43 bits per heavy atom. The molecular weight excluding hydrogens is 310 g/mol. The van der Waals surface area contributed by atoms with Gasteiger partial charge >= 0.3 is 0 Å². The third-order valence-corrected chi connectivity index (χ3v) is 6.49. The van der Waals surface area contributed by atoms with Gasteiger partial charge in [-0.2, -0.15) is 0 Å². The fraction of sp³-hybridized carbons (Fsp3) is 0.765. The number of aryl methyl sites for hydroxylation is 1. The van der Waals surface area contributed by atoms with E-state index in [2.05, 4.69) is 20.2 Å². The molecule has 126 valence electrons. The first kappa shape index (κ1) is 15.5. The third-order valence-electron chi connectivity index (χ3n) is 5.54. The molecule has 2 atom stereocenters. The topological polar surface area (TPSA) is 45.7 Å². The number of fused-ring (bicyclic) bond motifs is 1. The monoisotopic (exact) mass is 335 g/mol. The second-order valence-electron chi connectivity index (χ2n) is 7.15. The second kappa shape index (κ2) is 6.15. The molecule has 0 unspecified atom stereocenters. The lowest BCUT2D eigenvalue weighted by Gasteiger charge is -2.43. The molecule has 1 amide bonds. The Kier molecular flexibility index (Phi) is 4.15. The van der Waals surface area contributed by atoms with Gasteiger partial charge < -0.3 is 9.64 Å². The Bertz CT molecular complexity index is 584. The Labute approximate surface area is 141 Å². The van der Waals surface area contributed by atoms with Crippen LogP contribution in [0.3, 0.4) is 0 Å². The van der Waals surface area contributed by atoms with Crippen molar-refractivity contribution in [3.05, 3.63) is 16.1 Å². The first-order chi connectivity index (χ1) is 11.2. The quantitative estimate of drug-likeness (QED) is 0.848. The molecule has 3 fully saturated rings. The van der Waals surface area contributed by atoms with E-state index in [1.807, 2.05) is 6.92 Å². The minimum Gasteiger partial charge on any atom is -0.377 e. The van der Waals surface area contributed by atoms with E-state index in [1.54, 1.807) is 11.3 Å². The summed E-state index contributed by atoms with van der Waals surface area (Å²) in [6, 6.07) is 0. The van der Waals surface area contributed by atoms with E-state index in [0.29, 0.717) is 5.91 Å². The largest absolute Gasteiger partial charge is 0.377 e. The average molecular weight is 335 g/mol. The first-order valence-electron chi connectivity index (χ1n) is 8.72. The molecule has 4 heterocycles. The minimum atomic E-state index is -0.311. The van der Waals surface area contributed by atoms with Crippen LogP contribution in [-0.2, 0) is 16.1 Å². The lowest BCUT2D eigenvalue weighted by Crippen LogP contribution is -2.57. The maximum absolute atomic E-state index is 13.2. The van der Waals surface area contributed by atoms with Crippen molar-refractivity contribution in [3.63, 3.8) is 0 Å². The van der Waals surface area contributed by atoms with Crippen LogP contribution in [0.5, 0.6) is 0 Å². The van der Waals surface area contributed by atoms with Gasteiger partial charge in [-0.15, -0.1) is 11.3 Å². The molecule has 3 aliphatic rings.